The molecule has 92 valence electrons. The predicted molar refractivity (Wildman–Crippen MR) is 65.0 cm³/mol. The summed E-state index contributed by atoms with van der Waals surface area (Å²) in [6.07, 6.45) is 7.56. The molecule has 0 bridgehead atoms. The van der Waals surface area contributed by atoms with Gasteiger partial charge in [-0.15, -0.1) is 0 Å². The van der Waals surface area contributed by atoms with Gasteiger partial charge in [0.05, 0.1) is 6.10 Å². The Morgan fingerprint density at radius 1 is 1.56 bits per heavy atom. The molecule has 16 heavy (non-hydrogen) atoms. The molecule has 0 saturated heterocycles. The van der Waals surface area contributed by atoms with Gasteiger partial charge < -0.3 is 10.4 Å². The minimum absolute atomic E-state index is 0.133. The zero-order valence-electron chi connectivity index (χ0n) is 10.3. The number of amides is 1. The molecule has 0 radical (unpaired) electrons. The van der Waals surface area contributed by atoms with Crippen LogP contribution in [0, 0.1) is 11.8 Å². The Bertz CT molecular complexity index is 248. The van der Waals surface area contributed by atoms with Crippen LogP contribution >= 0.6 is 0 Å². The fraction of sp³-hybridized carbons (Fsp3) is 0.769. The van der Waals surface area contributed by atoms with E-state index < -0.39 is 0 Å². The molecule has 1 aliphatic carbocycles. The van der Waals surface area contributed by atoms with Crippen molar-refractivity contribution in [2.24, 2.45) is 11.8 Å². The molecule has 0 aromatic rings. The van der Waals surface area contributed by atoms with Gasteiger partial charge in [-0.25, -0.2) is 0 Å². The lowest BCUT2D eigenvalue weighted by Gasteiger charge is -2.15. The fourth-order valence-electron chi connectivity index (χ4n) is 2.13. The van der Waals surface area contributed by atoms with Gasteiger partial charge in [0.25, 0.3) is 0 Å². The van der Waals surface area contributed by atoms with E-state index in [-0.39, 0.29) is 12.0 Å². The zero-order chi connectivity index (χ0) is 12.0. The molecule has 1 rings (SSSR count). The molecular formula is C13H23NO2. The van der Waals surface area contributed by atoms with Gasteiger partial charge in [0.2, 0.25) is 5.91 Å². The van der Waals surface area contributed by atoms with E-state index in [4.69, 9.17) is 0 Å². The maximum atomic E-state index is 11.6. The van der Waals surface area contributed by atoms with Gasteiger partial charge >= 0.3 is 0 Å². The van der Waals surface area contributed by atoms with Crippen molar-refractivity contribution in [3.05, 3.63) is 12.2 Å². The summed E-state index contributed by atoms with van der Waals surface area (Å²) in [6, 6.07) is 0. The van der Waals surface area contributed by atoms with Crippen LogP contribution < -0.4 is 5.32 Å². The molecular weight excluding hydrogens is 202 g/mol. The molecule has 2 N–H and O–H groups in total. The van der Waals surface area contributed by atoms with Crippen LogP contribution in [0.25, 0.3) is 0 Å². The van der Waals surface area contributed by atoms with Crippen LogP contribution in [-0.4, -0.2) is 23.7 Å². The van der Waals surface area contributed by atoms with E-state index in [9.17, 15) is 9.90 Å². The average Bonchev–Trinajstić information content (AvgIpc) is 2.66. The van der Waals surface area contributed by atoms with Crippen LogP contribution in [0.4, 0.5) is 0 Å². The summed E-state index contributed by atoms with van der Waals surface area (Å²) in [5.41, 5.74) is 0. The predicted octanol–water partition coefficient (Wildman–Crippen LogP) is 1.87. The fourth-order valence-corrected chi connectivity index (χ4v) is 2.13. The van der Waals surface area contributed by atoms with Crippen molar-refractivity contribution in [3.8, 4) is 0 Å². The number of carbonyl (C=O) groups is 1. The molecule has 0 aliphatic heterocycles. The van der Waals surface area contributed by atoms with E-state index in [1.165, 1.54) is 0 Å². The van der Waals surface area contributed by atoms with Gasteiger partial charge in [-0.2, -0.15) is 0 Å². The molecule has 3 unspecified atom stereocenters. The Balaban J connectivity index is 2.12. The van der Waals surface area contributed by atoms with Gasteiger partial charge in [0.15, 0.2) is 0 Å². The molecule has 0 aromatic heterocycles. The monoisotopic (exact) mass is 225 g/mol. The maximum Gasteiger partial charge on any atom is 0.220 e. The Morgan fingerprint density at radius 3 is 2.88 bits per heavy atom. The summed E-state index contributed by atoms with van der Waals surface area (Å²) in [5, 5.41) is 12.1. The van der Waals surface area contributed by atoms with Gasteiger partial charge in [-0.1, -0.05) is 19.1 Å². The first-order valence-electron chi connectivity index (χ1n) is 6.19. The number of aliphatic hydroxyl groups is 1. The third-order valence-electron chi connectivity index (χ3n) is 2.95. The highest BCUT2D eigenvalue weighted by Gasteiger charge is 2.14. The average molecular weight is 225 g/mol. The molecule has 1 amide bonds. The quantitative estimate of drug-likeness (QED) is 0.678. The van der Waals surface area contributed by atoms with Gasteiger partial charge in [0, 0.05) is 13.0 Å². The number of hydrogen-bond acceptors (Lipinski definition) is 2. The van der Waals surface area contributed by atoms with Crippen LogP contribution in [0.15, 0.2) is 12.2 Å². The van der Waals surface area contributed by atoms with Crippen molar-refractivity contribution in [2.45, 2.75) is 45.6 Å². The molecule has 3 atom stereocenters. The van der Waals surface area contributed by atoms with Crippen LogP contribution in [0.2, 0.25) is 0 Å². The second-order valence-electron chi connectivity index (χ2n) is 4.96. The minimum Gasteiger partial charge on any atom is -0.393 e. The smallest absolute Gasteiger partial charge is 0.220 e. The largest absolute Gasteiger partial charge is 0.393 e. The molecule has 0 aromatic carbocycles. The number of allylic oxidation sites excluding steroid dienone is 2. The number of hydrogen-bond donors (Lipinski definition) is 2. The van der Waals surface area contributed by atoms with Crippen molar-refractivity contribution in [3.63, 3.8) is 0 Å². The molecule has 3 heteroatoms. The lowest BCUT2D eigenvalue weighted by molar-refractivity contribution is -0.121. The third kappa shape index (κ3) is 5.31. The number of carbonyl (C=O) groups excluding carboxylic acids is 1. The highest BCUT2D eigenvalue weighted by atomic mass is 16.3. The van der Waals surface area contributed by atoms with E-state index in [0.29, 0.717) is 24.8 Å². The Hall–Kier alpha value is -0.830. The van der Waals surface area contributed by atoms with E-state index in [1.807, 2.05) is 6.92 Å². The van der Waals surface area contributed by atoms with Crippen LogP contribution in [-0.2, 0) is 4.79 Å². The van der Waals surface area contributed by atoms with Gasteiger partial charge in [0.1, 0.15) is 0 Å². The van der Waals surface area contributed by atoms with Crippen LogP contribution in [0.1, 0.15) is 39.5 Å². The third-order valence-corrected chi connectivity index (χ3v) is 2.95. The number of aliphatic hydroxyl groups excluding tert-OH is 1. The summed E-state index contributed by atoms with van der Waals surface area (Å²) < 4.78 is 0. The molecule has 1 aliphatic rings. The lowest BCUT2D eigenvalue weighted by atomic mass is 10.0. The van der Waals surface area contributed by atoms with E-state index in [2.05, 4.69) is 17.5 Å². The van der Waals surface area contributed by atoms with Crippen molar-refractivity contribution in [1.82, 2.24) is 5.32 Å². The summed E-state index contributed by atoms with van der Waals surface area (Å²) in [7, 11) is 0. The van der Waals surface area contributed by atoms with Gasteiger partial charge in [-0.3, -0.25) is 4.79 Å². The molecule has 0 saturated carbocycles. The second-order valence-corrected chi connectivity index (χ2v) is 4.96. The summed E-state index contributed by atoms with van der Waals surface area (Å²) in [5.74, 6) is 0.907. The first kappa shape index (κ1) is 13.2. The second kappa shape index (κ2) is 6.69. The minimum atomic E-state index is -0.287. The normalized spacial score (nSPS) is 23.1. The number of rotatable bonds is 6. The maximum absolute atomic E-state index is 11.6. The number of nitrogens with one attached hydrogen (secondary N) is 1. The lowest BCUT2D eigenvalue weighted by Crippen LogP contribution is -2.30. The Labute approximate surface area is 97.9 Å². The van der Waals surface area contributed by atoms with E-state index in [1.54, 1.807) is 6.92 Å². The highest BCUT2D eigenvalue weighted by Crippen LogP contribution is 2.19. The molecule has 0 heterocycles. The molecule has 0 fully saturated rings. The van der Waals surface area contributed by atoms with Crippen molar-refractivity contribution >= 4 is 5.91 Å². The Kier molecular flexibility index (Phi) is 5.53. The zero-order valence-corrected chi connectivity index (χ0v) is 10.3. The molecule has 0 spiro atoms. The SMILES string of the molecule is CC(O)CC(C)CNC(=O)CC1C=CCC1. The van der Waals surface area contributed by atoms with Crippen molar-refractivity contribution in [1.29, 1.82) is 0 Å². The highest BCUT2D eigenvalue weighted by molar-refractivity contribution is 5.76. The first-order valence-corrected chi connectivity index (χ1v) is 6.19. The Morgan fingerprint density at radius 2 is 2.31 bits per heavy atom. The van der Waals surface area contributed by atoms with E-state index >= 15 is 0 Å². The van der Waals surface area contributed by atoms with Crippen LogP contribution in [0.3, 0.4) is 0 Å². The standard InChI is InChI=1S/C13H23NO2/c1-10(7-11(2)15)9-14-13(16)8-12-5-3-4-6-12/h3,5,10-12,15H,4,6-9H2,1-2H3,(H,14,16). The summed E-state index contributed by atoms with van der Waals surface area (Å²) in [6.45, 7) is 4.49. The first-order chi connectivity index (χ1) is 7.58. The summed E-state index contributed by atoms with van der Waals surface area (Å²) in [4.78, 5) is 11.6. The van der Waals surface area contributed by atoms with Crippen LogP contribution in [0.5, 0.6) is 0 Å². The van der Waals surface area contributed by atoms with Gasteiger partial charge in [-0.05, 0) is 38.0 Å². The van der Waals surface area contributed by atoms with Crippen molar-refractivity contribution in [2.75, 3.05) is 6.54 Å². The summed E-state index contributed by atoms with van der Waals surface area (Å²) >= 11 is 0. The van der Waals surface area contributed by atoms with Crippen molar-refractivity contribution < 1.29 is 9.90 Å². The molecule has 3 nitrogen and oxygen atoms in total. The topological polar surface area (TPSA) is 49.3 Å². The van der Waals surface area contributed by atoms with E-state index in [0.717, 1.165) is 19.3 Å².